The number of fused-ring (bicyclic) bond motifs is 2. The van der Waals surface area contributed by atoms with E-state index < -0.39 is 0 Å². The number of amides is 1. The molecule has 2 fully saturated rings. The van der Waals surface area contributed by atoms with E-state index in [9.17, 15) is 4.79 Å². The second-order valence-electron chi connectivity index (χ2n) is 5.48. The van der Waals surface area contributed by atoms with E-state index >= 15 is 0 Å². The van der Waals surface area contributed by atoms with Crippen molar-refractivity contribution >= 4 is 5.91 Å². The molecule has 102 valence electrons. The van der Waals surface area contributed by atoms with Crippen molar-refractivity contribution in [3.05, 3.63) is 35.4 Å². The molecule has 0 radical (unpaired) electrons. The predicted octanol–water partition coefficient (Wildman–Crippen LogP) is 1.12. The average Bonchev–Trinajstić information content (AvgIpc) is 3.02. The van der Waals surface area contributed by atoms with Crippen LogP contribution in [0.25, 0.3) is 0 Å². The molecule has 3 rings (SSSR count). The summed E-state index contributed by atoms with van der Waals surface area (Å²) in [6.45, 7) is 0.537. The normalized spacial score (nSPS) is 28.6. The van der Waals surface area contributed by atoms with E-state index in [2.05, 4.69) is 5.32 Å². The Morgan fingerprint density at radius 2 is 2.00 bits per heavy atom. The minimum Gasteiger partial charge on any atom is -0.373 e. The number of hydrogen-bond acceptors (Lipinski definition) is 3. The van der Waals surface area contributed by atoms with E-state index in [1.54, 1.807) is 0 Å². The lowest BCUT2D eigenvalue weighted by molar-refractivity contribution is -0.121. The second kappa shape index (κ2) is 5.31. The molecule has 0 aromatic heterocycles. The van der Waals surface area contributed by atoms with Crippen molar-refractivity contribution in [2.45, 2.75) is 50.5 Å². The summed E-state index contributed by atoms with van der Waals surface area (Å²) in [5.74, 6) is 0.0849. The molecule has 0 saturated carbocycles. The molecule has 2 saturated heterocycles. The molecule has 0 spiro atoms. The third kappa shape index (κ3) is 2.80. The first kappa shape index (κ1) is 12.6. The summed E-state index contributed by atoms with van der Waals surface area (Å²) < 4.78 is 5.74. The van der Waals surface area contributed by atoms with Gasteiger partial charge in [0.25, 0.3) is 0 Å². The highest BCUT2D eigenvalue weighted by Crippen LogP contribution is 2.34. The fraction of sp³-hybridized carbons (Fsp3) is 0.533. The van der Waals surface area contributed by atoms with Gasteiger partial charge in [-0.2, -0.15) is 0 Å². The van der Waals surface area contributed by atoms with Crippen molar-refractivity contribution in [3.8, 4) is 0 Å². The van der Waals surface area contributed by atoms with Gasteiger partial charge < -0.3 is 15.8 Å². The number of benzene rings is 1. The first-order valence-electron chi connectivity index (χ1n) is 6.97. The zero-order chi connectivity index (χ0) is 13.2. The third-order valence-electron chi connectivity index (χ3n) is 4.08. The monoisotopic (exact) mass is 260 g/mol. The zero-order valence-corrected chi connectivity index (χ0v) is 11.0. The van der Waals surface area contributed by atoms with Crippen LogP contribution in [-0.4, -0.2) is 24.2 Å². The molecule has 3 unspecified atom stereocenters. The molecule has 2 bridgehead atoms. The third-order valence-corrected chi connectivity index (χ3v) is 4.08. The quantitative estimate of drug-likeness (QED) is 0.853. The van der Waals surface area contributed by atoms with Crippen LogP contribution in [0.1, 0.15) is 30.4 Å². The standard InChI is InChI=1S/C15H20N2O2/c16-9-11-3-1-10(2-4-11)7-15(18)17-13-8-12-5-6-14(13)19-12/h1-4,12-14H,5-9,16H2,(H,17,18). The second-order valence-corrected chi connectivity index (χ2v) is 5.48. The molecule has 3 N–H and O–H groups in total. The van der Waals surface area contributed by atoms with Crippen LogP contribution in [0, 0.1) is 0 Å². The highest BCUT2D eigenvalue weighted by Gasteiger charge is 2.41. The Morgan fingerprint density at radius 1 is 1.26 bits per heavy atom. The topological polar surface area (TPSA) is 64.4 Å². The van der Waals surface area contributed by atoms with Gasteiger partial charge in [-0.1, -0.05) is 24.3 Å². The number of nitrogens with two attached hydrogens (primary N) is 1. The molecule has 3 atom stereocenters. The number of nitrogens with one attached hydrogen (secondary N) is 1. The lowest BCUT2D eigenvalue weighted by Gasteiger charge is -2.20. The van der Waals surface area contributed by atoms with Crippen molar-refractivity contribution in [3.63, 3.8) is 0 Å². The van der Waals surface area contributed by atoms with E-state index in [1.165, 1.54) is 0 Å². The van der Waals surface area contributed by atoms with Gasteiger partial charge in [0.05, 0.1) is 24.7 Å². The van der Waals surface area contributed by atoms with Crippen molar-refractivity contribution in [2.75, 3.05) is 0 Å². The van der Waals surface area contributed by atoms with Crippen molar-refractivity contribution in [1.82, 2.24) is 5.32 Å². The number of carbonyl (C=O) groups excluding carboxylic acids is 1. The number of carbonyl (C=O) groups is 1. The maximum absolute atomic E-state index is 12.0. The molecule has 1 aromatic rings. The zero-order valence-electron chi connectivity index (χ0n) is 11.0. The van der Waals surface area contributed by atoms with Crippen molar-refractivity contribution in [2.24, 2.45) is 5.73 Å². The van der Waals surface area contributed by atoms with Gasteiger partial charge in [-0.3, -0.25) is 4.79 Å². The van der Waals surface area contributed by atoms with E-state index in [1.807, 2.05) is 24.3 Å². The summed E-state index contributed by atoms with van der Waals surface area (Å²) in [6.07, 6.45) is 4.26. The Morgan fingerprint density at radius 3 is 2.58 bits per heavy atom. The highest BCUT2D eigenvalue weighted by molar-refractivity contribution is 5.79. The number of rotatable bonds is 4. The van der Waals surface area contributed by atoms with E-state index in [0.29, 0.717) is 19.1 Å². The van der Waals surface area contributed by atoms with Crippen LogP contribution in [0.5, 0.6) is 0 Å². The Hall–Kier alpha value is -1.39. The van der Waals surface area contributed by atoms with E-state index in [-0.39, 0.29) is 18.1 Å². The Labute approximate surface area is 113 Å². The van der Waals surface area contributed by atoms with Crippen LogP contribution >= 0.6 is 0 Å². The van der Waals surface area contributed by atoms with Gasteiger partial charge in [0, 0.05) is 6.54 Å². The molecule has 2 heterocycles. The lowest BCUT2D eigenvalue weighted by atomic mass is 9.95. The highest BCUT2D eigenvalue weighted by atomic mass is 16.5. The summed E-state index contributed by atoms with van der Waals surface area (Å²) >= 11 is 0. The number of ether oxygens (including phenoxy) is 1. The van der Waals surface area contributed by atoms with Crippen LogP contribution in [0.15, 0.2) is 24.3 Å². The summed E-state index contributed by atoms with van der Waals surface area (Å²) in [5.41, 5.74) is 7.67. The molecule has 4 nitrogen and oxygen atoms in total. The van der Waals surface area contributed by atoms with Gasteiger partial charge in [0.1, 0.15) is 0 Å². The van der Waals surface area contributed by atoms with E-state index in [0.717, 1.165) is 30.4 Å². The van der Waals surface area contributed by atoms with Gasteiger partial charge in [-0.25, -0.2) is 0 Å². The molecule has 0 aliphatic carbocycles. The number of hydrogen-bond donors (Lipinski definition) is 2. The van der Waals surface area contributed by atoms with Gasteiger partial charge >= 0.3 is 0 Å². The first-order chi connectivity index (χ1) is 9.24. The molecule has 1 aromatic carbocycles. The fourth-order valence-corrected chi connectivity index (χ4v) is 3.03. The van der Waals surface area contributed by atoms with Gasteiger partial charge in [-0.15, -0.1) is 0 Å². The Bertz CT molecular complexity index is 458. The van der Waals surface area contributed by atoms with Crippen molar-refractivity contribution < 1.29 is 9.53 Å². The summed E-state index contributed by atoms with van der Waals surface area (Å²) in [5, 5.41) is 3.10. The Kier molecular flexibility index (Phi) is 3.53. The molecule has 1 amide bonds. The molecule has 2 aliphatic rings. The Balaban J connectivity index is 1.53. The largest absolute Gasteiger partial charge is 0.373 e. The van der Waals surface area contributed by atoms with Gasteiger partial charge in [-0.05, 0) is 30.4 Å². The average molecular weight is 260 g/mol. The van der Waals surface area contributed by atoms with Crippen LogP contribution in [0.2, 0.25) is 0 Å². The summed E-state index contributed by atoms with van der Waals surface area (Å²) in [6, 6.07) is 8.11. The summed E-state index contributed by atoms with van der Waals surface area (Å²) in [7, 11) is 0. The molecular weight excluding hydrogens is 240 g/mol. The van der Waals surface area contributed by atoms with Gasteiger partial charge in [0.15, 0.2) is 0 Å². The minimum absolute atomic E-state index is 0.0849. The van der Waals surface area contributed by atoms with Crippen molar-refractivity contribution in [1.29, 1.82) is 0 Å². The van der Waals surface area contributed by atoms with Crippen LogP contribution in [-0.2, 0) is 22.5 Å². The van der Waals surface area contributed by atoms with Crippen LogP contribution in [0.3, 0.4) is 0 Å². The predicted molar refractivity (Wildman–Crippen MR) is 72.5 cm³/mol. The van der Waals surface area contributed by atoms with E-state index in [4.69, 9.17) is 10.5 Å². The SMILES string of the molecule is NCc1ccc(CC(=O)NC2CC3CCC2O3)cc1. The fourth-order valence-electron chi connectivity index (χ4n) is 3.03. The minimum atomic E-state index is 0.0849. The first-order valence-corrected chi connectivity index (χ1v) is 6.97. The summed E-state index contributed by atoms with van der Waals surface area (Å²) in [4.78, 5) is 12.0. The van der Waals surface area contributed by atoms with Gasteiger partial charge in [0.2, 0.25) is 5.91 Å². The maximum atomic E-state index is 12.0. The maximum Gasteiger partial charge on any atom is 0.224 e. The molecular formula is C15H20N2O2. The molecule has 4 heteroatoms. The molecule has 19 heavy (non-hydrogen) atoms. The smallest absolute Gasteiger partial charge is 0.224 e. The molecule has 2 aliphatic heterocycles. The van der Waals surface area contributed by atoms with Crippen LogP contribution < -0.4 is 11.1 Å². The van der Waals surface area contributed by atoms with Crippen LogP contribution in [0.4, 0.5) is 0 Å². The lowest BCUT2D eigenvalue weighted by Crippen LogP contribution is -2.42.